The first-order valence-corrected chi connectivity index (χ1v) is 13.1. The number of hydrogen-bond acceptors (Lipinski definition) is 7. The van der Waals surface area contributed by atoms with E-state index in [0.717, 1.165) is 24.8 Å². The predicted molar refractivity (Wildman–Crippen MR) is 136 cm³/mol. The molecule has 1 fully saturated rings. The summed E-state index contributed by atoms with van der Waals surface area (Å²) in [4.78, 5) is 13.3. The van der Waals surface area contributed by atoms with Crippen LogP contribution in [0.15, 0.2) is 23.8 Å². The van der Waals surface area contributed by atoms with Crippen LogP contribution >= 0.6 is 0 Å². The smallest absolute Gasteiger partial charge is 0.339 e. The Morgan fingerprint density at radius 1 is 1.23 bits per heavy atom. The fourth-order valence-electron chi connectivity index (χ4n) is 5.30. The highest BCUT2D eigenvalue weighted by molar-refractivity contribution is 5.76. The van der Waals surface area contributed by atoms with E-state index in [-0.39, 0.29) is 30.5 Å². The highest BCUT2D eigenvalue weighted by Gasteiger charge is 2.46. The van der Waals surface area contributed by atoms with Crippen LogP contribution in [0.1, 0.15) is 74.1 Å². The van der Waals surface area contributed by atoms with E-state index < -0.39 is 36.2 Å². The minimum absolute atomic E-state index is 0.00686. The summed E-state index contributed by atoms with van der Waals surface area (Å²) in [5, 5.41) is 20.3. The Balaban J connectivity index is 2.26. The molecular weight excluding hydrogens is 448 g/mol. The number of cyclic esters (lactones) is 1. The van der Waals surface area contributed by atoms with Gasteiger partial charge in [0.1, 0.15) is 12.2 Å². The van der Waals surface area contributed by atoms with E-state index in [0.29, 0.717) is 12.3 Å². The summed E-state index contributed by atoms with van der Waals surface area (Å²) >= 11 is 0. The molecule has 0 aromatic heterocycles. The van der Waals surface area contributed by atoms with Crippen LogP contribution in [0.3, 0.4) is 0 Å². The molecule has 2 N–H and O–H groups in total. The van der Waals surface area contributed by atoms with Gasteiger partial charge in [0.05, 0.1) is 12.2 Å². The molecule has 0 aromatic rings. The fourth-order valence-corrected chi connectivity index (χ4v) is 5.30. The number of carbonyl (C=O) groups is 1. The summed E-state index contributed by atoms with van der Waals surface area (Å²) in [7, 11) is 1.60. The summed E-state index contributed by atoms with van der Waals surface area (Å²) < 4.78 is 23.5. The molecule has 0 unspecified atom stereocenters. The van der Waals surface area contributed by atoms with Gasteiger partial charge in [-0.3, -0.25) is 0 Å². The Kier molecular flexibility index (Phi) is 11.4. The van der Waals surface area contributed by atoms with Gasteiger partial charge >= 0.3 is 5.97 Å². The molecule has 2 heterocycles. The normalized spacial score (nSPS) is 33.6. The van der Waals surface area contributed by atoms with Gasteiger partial charge in [0.15, 0.2) is 11.9 Å². The van der Waals surface area contributed by atoms with Crippen molar-refractivity contribution in [2.24, 2.45) is 23.7 Å². The molecule has 0 amide bonds. The highest BCUT2D eigenvalue weighted by atomic mass is 16.8. The second-order valence-electron chi connectivity index (χ2n) is 11.1. The molecule has 35 heavy (non-hydrogen) atoms. The maximum atomic E-state index is 13.3. The van der Waals surface area contributed by atoms with Crippen LogP contribution in [0.4, 0.5) is 0 Å². The van der Waals surface area contributed by atoms with E-state index >= 15 is 0 Å². The number of fused-ring (bicyclic) bond motifs is 1. The molecule has 9 atom stereocenters. The van der Waals surface area contributed by atoms with Crippen LogP contribution < -0.4 is 0 Å². The molecule has 0 bridgehead atoms. The number of esters is 1. The third-order valence-corrected chi connectivity index (χ3v) is 7.42. The summed E-state index contributed by atoms with van der Waals surface area (Å²) in [5.74, 6) is -1.15. The van der Waals surface area contributed by atoms with Gasteiger partial charge in [0.2, 0.25) is 0 Å². The molecule has 0 radical (unpaired) electrons. The molecule has 7 heteroatoms. The van der Waals surface area contributed by atoms with Crippen LogP contribution in [-0.4, -0.2) is 66.2 Å². The van der Waals surface area contributed by atoms with Gasteiger partial charge in [0.25, 0.3) is 0 Å². The monoisotopic (exact) mass is 496 g/mol. The first-order valence-electron chi connectivity index (χ1n) is 13.1. The molecule has 0 aromatic carbocycles. The van der Waals surface area contributed by atoms with Crippen LogP contribution in [0.5, 0.6) is 0 Å². The minimum atomic E-state index is -0.866. The van der Waals surface area contributed by atoms with Crippen molar-refractivity contribution in [3.63, 3.8) is 0 Å². The number of ether oxygens (including phenoxy) is 4. The summed E-state index contributed by atoms with van der Waals surface area (Å²) in [6.45, 7) is 13.8. The lowest BCUT2D eigenvalue weighted by atomic mass is 9.85. The van der Waals surface area contributed by atoms with Crippen molar-refractivity contribution in [1.82, 2.24) is 0 Å². The summed E-state index contributed by atoms with van der Waals surface area (Å²) in [6.07, 6.45) is 6.88. The minimum Gasteiger partial charge on any atom is -0.456 e. The largest absolute Gasteiger partial charge is 0.456 e. The summed E-state index contributed by atoms with van der Waals surface area (Å²) in [5.41, 5.74) is 0.913. The van der Waals surface area contributed by atoms with E-state index in [4.69, 9.17) is 18.9 Å². The van der Waals surface area contributed by atoms with Crippen LogP contribution in [-0.2, 0) is 23.7 Å². The number of hydrogen-bond donors (Lipinski definition) is 2. The van der Waals surface area contributed by atoms with Crippen molar-refractivity contribution in [2.75, 3.05) is 13.7 Å². The van der Waals surface area contributed by atoms with Gasteiger partial charge in [-0.15, -0.1) is 0 Å². The van der Waals surface area contributed by atoms with Crippen molar-refractivity contribution in [3.05, 3.63) is 23.8 Å². The van der Waals surface area contributed by atoms with E-state index in [1.54, 1.807) is 7.11 Å². The van der Waals surface area contributed by atoms with E-state index in [9.17, 15) is 15.0 Å². The lowest BCUT2D eigenvalue weighted by Gasteiger charge is -2.31. The topological polar surface area (TPSA) is 94.5 Å². The van der Waals surface area contributed by atoms with E-state index in [1.807, 2.05) is 46.8 Å². The second-order valence-corrected chi connectivity index (χ2v) is 11.1. The van der Waals surface area contributed by atoms with Gasteiger partial charge in [-0.25, -0.2) is 4.79 Å². The van der Waals surface area contributed by atoms with Gasteiger partial charge < -0.3 is 29.2 Å². The van der Waals surface area contributed by atoms with Crippen molar-refractivity contribution >= 4 is 5.97 Å². The first kappa shape index (κ1) is 30.0. The standard InChI is InChI=1S/C28H48O7/c1-17-10-9-11-18(2)25(33-27(31)26-23(13-12-17)34-28(6,7)35-26)20(4)16-19(3)24(30)21(5)22(32-8)14-15-29/h12-13,16-19,21-26,29-30H,9-11,14-15H2,1-8H3/b13-12?,20-16+/t17-,18+,19-,21-,22-,23-,24+,25+,26-/m1/s1. The molecule has 1 saturated heterocycles. The van der Waals surface area contributed by atoms with Gasteiger partial charge in [-0.1, -0.05) is 52.3 Å². The molecule has 0 saturated carbocycles. The predicted octanol–water partition coefficient (Wildman–Crippen LogP) is 4.41. The van der Waals surface area contributed by atoms with E-state index in [2.05, 4.69) is 19.9 Å². The van der Waals surface area contributed by atoms with Gasteiger partial charge in [-0.05, 0) is 57.4 Å². The molecular formula is C28H48O7. The number of allylic oxidation sites excluding steroid dienone is 1. The third kappa shape index (κ3) is 8.39. The first-order chi connectivity index (χ1) is 16.4. The lowest BCUT2D eigenvalue weighted by Crippen LogP contribution is -2.38. The quantitative estimate of drug-likeness (QED) is 0.380. The van der Waals surface area contributed by atoms with Crippen LogP contribution in [0.2, 0.25) is 0 Å². The zero-order valence-electron chi connectivity index (χ0n) is 22.9. The Hall–Kier alpha value is -1.25. The average molecular weight is 497 g/mol. The van der Waals surface area contributed by atoms with Crippen molar-refractivity contribution in [3.8, 4) is 0 Å². The molecule has 202 valence electrons. The maximum Gasteiger partial charge on any atom is 0.339 e. The van der Waals surface area contributed by atoms with Crippen molar-refractivity contribution in [1.29, 1.82) is 0 Å². The number of carbonyl (C=O) groups excluding carboxylic acids is 1. The Morgan fingerprint density at radius 2 is 1.91 bits per heavy atom. The fraction of sp³-hybridized carbons (Fsp3) is 0.821. The number of aliphatic hydroxyl groups excluding tert-OH is 2. The zero-order chi connectivity index (χ0) is 26.3. The summed E-state index contributed by atoms with van der Waals surface area (Å²) in [6, 6.07) is 0. The molecule has 2 aliphatic rings. The Labute approximate surface area is 211 Å². The number of aliphatic hydroxyl groups is 2. The SMILES string of the molecule is CO[C@H](CCO)[C@@H](C)[C@@H](O)[C@H](C)/C=C(\C)[C@H]1OC(=O)[C@@H]2OC(C)(C)O[C@@H]2C=C[C@H](C)CCC[C@@H]1C. The number of rotatable bonds is 8. The Morgan fingerprint density at radius 3 is 2.54 bits per heavy atom. The average Bonchev–Trinajstić information content (AvgIpc) is 3.11. The Bertz CT molecular complexity index is 731. The molecule has 7 nitrogen and oxygen atoms in total. The van der Waals surface area contributed by atoms with Gasteiger partial charge in [-0.2, -0.15) is 0 Å². The van der Waals surface area contributed by atoms with E-state index in [1.165, 1.54) is 0 Å². The van der Waals surface area contributed by atoms with Crippen molar-refractivity contribution < 1.29 is 34.0 Å². The lowest BCUT2D eigenvalue weighted by molar-refractivity contribution is -0.174. The van der Waals surface area contributed by atoms with Gasteiger partial charge in [0, 0.05) is 25.6 Å². The molecule has 2 rings (SSSR count). The maximum absolute atomic E-state index is 13.3. The molecule has 2 aliphatic heterocycles. The molecule has 0 spiro atoms. The van der Waals surface area contributed by atoms with Crippen molar-refractivity contribution in [2.45, 2.75) is 110 Å². The second kappa shape index (κ2) is 13.3. The highest BCUT2D eigenvalue weighted by Crippen LogP contribution is 2.33. The number of methoxy groups -OCH3 is 1. The third-order valence-electron chi connectivity index (χ3n) is 7.42. The van der Waals surface area contributed by atoms with Crippen LogP contribution in [0.25, 0.3) is 0 Å². The van der Waals surface area contributed by atoms with Crippen LogP contribution in [0, 0.1) is 23.7 Å². The molecule has 0 aliphatic carbocycles. The zero-order valence-corrected chi connectivity index (χ0v) is 22.9.